The van der Waals surface area contributed by atoms with E-state index in [1.54, 1.807) is 12.3 Å². The number of anilines is 1. The van der Waals surface area contributed by atoms with Crippen molar-refractivity contribution in [2.24, 2.45) is 17.8 Å². The molecule has 2 aliphatic heterocycles. The quantitative estimate of drug-likeness (QED) is 0.0900. The Kier molecular flexibility index (Phi) is 9.12. The molecule has 2 saturated heterocycles. The molecule has 10 nitrogen and oxygen atoms in total. The van der Waals surface area contributed by atoms with Gasteiger partial charge in [-0.3, -0.25) is 24.7 Å². The third-order valence-corrected chi connectivity index (χ3v) is 9.68. The van der Waals surface area contributed by atoms with Crippen molar-refractivity contribution in [2.75, 3.05) is 4.90 Å². The van der Waals surface area contributed by atoms with E-state index in [0.29, 0.717) is 19.3 Å². The molecular formula is C36H38BN3O7. The van der Waals surface area contributed by atoms with Gasteiger partial charge in [0.25, 0.3) is 5.69 Å². The Labute approximate surface area is 274 Å². The third-order valence-electron chi connectivity index (χ3n) is 9.68. The highest BCUT2D eigenvalue weighted by atomic mass is 16.6. The molecule has 0 unspecified atom stereocenters. The normalized spacial score (nSPS) is 22.9. The predicted molar refractivity (Wildman–Crippen MR) is 179 cm³/mol. The van der Waals surface area contributed by atoms with Crippen molar-refractivity contribution in [1.82, 2.24) is 4.98 Å². The molecule has 4 atom stereocenters. The summed E-state index contributed by atoms with van der Waals surface area (Å²) in [5.41, 5.74) is 6.34. The number of hydrogen-bond donors (Lipinski definition) is 2. The molecule has 0 saturated carbocycles. The molecule has 1 aromatic heterocycles. The van der Waals surface area contributed by atoms with Gasteiger partial charge in [-0.2, -0.15) is 0 Å². The maximum atomic E-state index is 14.1. The monoisotopic (exact) mass is 635 g/mol. The van der Waals surface area contributed by atoms with Crippen LogP contribution in [0.3, 0.4) is 0 Å². The smallest absolute Gasteiger partial charge is 0.455 e. The number of benzene rings is 2. The lowest BCUT2D eigenvalue weighted by atomic mass is 9.58. The number of non-ortho nitro benzene ring substituents is 1. The number of amides is 2. The molecule has 0 bridgehead atoms. The highest BCUT2D eigenvalue weighted by Gasteiger charge is 2.57. The molecule has 0 spiro atoms. The lowest BCUT2D eigenvalue weighted by Gasteiger charge is -2.43. The molecule has 242 valence electrons. The van der Waals surface area contributed by atoms with Gasteiger partial charge in [0.05, 0.1) is 34.2 Å². The first-order valence-corrected chi connectivity index (χ1v) is 16.2. The number of aromatic hydroxyl groups is 1. The van der Waals surface area contributed by atoms with Gasteiger partial charge in [0, 0.05) is 18.3 Å². The fraction of sp³-hybridized carbons (Fsp3) is 0.361. The van der Waals surface area contributed by atoms with E-state index in [9.17, 15) is 29.8 Å². The van der Waals surface area contributed by atoms with Crippen molar-refractivity contribution in [3.8, 4) is 5.75 Å². The summed E-state index contributed by atoms with van der Waals surface area (Å²) in [5, 5.41) is 32.8. The number of phenolic OH excluding ortho intramolecular Hbond substituents is 1. The first-order chi connectivity index (χ1) is 22.6. The van der Waals surface area contributed by atoms with Crippen molar-refractivity contribution in [1.29, 1.82) is 0 Å². The SMILES string of the molecule is CCCC1=C2[C@@H](CC/C(=C/c3cc(C)c(O)c(C)c3)c3ccccn3)OB(O)C[C@@H]2[C@@H]2C(=O)N(c3cccc([N+](=O)[O-])c3)C(=O)[C@@H]2C1. The van der Waals surface area contributed by atoms with Gasteiger partial charge < -0.3 is 14.8 Å². The van der Waals surface area contributed by atoms with Crippen LogP contribution >= 0.6 is 0 Å². The summed E-state index contributed by atoms with van der Waals surface area (Å²) in [6.07, 6.45) is 6.58. The van der Waals surface area contributed by atoms with Gasteiger partial charge in [0.2, 0.25) is 11.8 Å². The number of pyridine rings is 1. The zero-order valence-corrected chi connectivity index (χ0v) is 26.8. The average molecular weight is 636 g/mol. The summed E-state index contributed by atoms with van der Waals surface area (Å²) in [6, 6.07) is 15.2. The Morgan fingerprint density at radius 2 is 1.87 bits per heavy atom. The van der Waals surface area contributed by atoms with Crippen LogP contribution in [-0.4, -0.2) is 45.1 Å². The average Bonchev–Trinajstić information content (AvgIpc) is 3.30. The molecular weight excluding hydrogens is 597 g/mol. The first-order valence-electron chi connectivity index (χ1n) is 16.2. The molecule has 2 fully saturated rings. The Bertz CT molecular complexity index is 1770. The number of phenols is 1. The van der Waals surface area contributed by atoms with Gasteiger partial charge in [-0.15, -0.1) is 0 Å². The van der Waals surface area contributed by atoms with Crippen LogP contribution in [-0.2, 0) is 14.2 Å². The summed E-state index contributed by atoms with van der Waals surface area (Å²) >= 11 is 0. The summed E-state index contributed by atoms with van der Waals surface area (Å²) in [7, 11) is -1.12. The zero-order chi connectivity index (χ0) is 33.4. The molecule has 2 aromatic carbocycles. The fourth-order valence-corrected chi connectivity index (χ4v) is 7.69. The molecule has 3 aliphatic rings. The molecule has 47 heavy (non-hydrogen) atoms. The van der Waals surface area contributed by atoms with Crippen molar-refractivity contribution >= 4 is 42.0 Å². The molecule has 1 aliphatic carbocycles. The van der Waals surface area contributed by atoms with Crippen LogP contribution in [0.1, 0.15) is 61.4 Å². The van der Waals surface area contributed by atoms with E-state index in [4.69, 9.17) is 4.65 Å². The van der Waals surface area contributed by atoms with E-state index in [-0.39, 0.29) is 29.4 Å². The number of nitro benzene ring substituents is 1. The number of hydrogen-bond acceptors (Lipinski definition) is 8. The number of allylic oxidation sites excluding steroid dienone is 2. The van der Waals surface area contributed by atoms with Crippen LogP contribution in [0.5, 0.6) is 5.75 Å². The Morgan fingerprint density at radius 3 is 2.55 bits per heavy atom. The molecule has 3 heterocycles. The number of fused-ring (bicyclic) bond motifs is 3. The summed E-state index contributed by atoms with van der Waals surface area (Å²) in [4.78, 5) is 44.5. The van der Waals surface area contributed by atoms with Gasteiger partial charge in [0.15, 0.2) is 0 Å². The van der Waals surface area contributed by atoms with Crippen LogP contribution < -0.4 is 4.90 Å². The number of imide groups is 1. The maximum absolute atomic E-state index is 14.1. The van der Waals surface area contributed by atoms with E-state index in [1.165, 1.54) is 18.2 Å². The second kappa shape index (κ2) is 13.3. The Hall–Kier alpha value is -4.61. The van der Waals surface area contributed by atoms with Gasteiger partial charge in [-0.05, 0) is 116 Å². The van der Waals surface area contributed by atoms with Crippen LogP contribution in [0, 0.1) is 41.7 Å². The Balaban J connectivity index is 1.34. The number of aromatic nitrogens is 1. The summed E-state index contributed by atoms with van der Waals surface area (Å²) in [6.45, 7) is 5.80. The summed E-state index contributed by atoms with van der Waals surface area (Å²) < 4.78 is 6.22. The molecule has 0 radical (unpaired) electrons. The van der Waals surface area contributed by atoms with Crippen molar-refractivity contribution in [3.63, 3.8) is 0 Å². The maximum Gasteiger partial charge on any atom is 0.455 e. The zero-order valence-electron chi connectivity index (χ0n) is 26.8. The van der Waals surface area contributed by atoms with Crippen LogP contribution in [0.25, 0.3) is 11.6 Å². The van der Waals surface area contributed by atoms with Crippen molar-refractivity contribution in [2.45, 2.75) is 65.3 Å². The van der Waals surface area contributed by atoms with Gasteiger partial charge in [-0.1, -0.05) is 31.1 Å². The number of carbonyl (C=O) groups is 2. The predicted octanol–water partition coefficient (Wildman–Crippen LogP) is 6.43. The lowest BCUT2D eigenvalue weighted by molar-refractivity contribution is -0.384. The highest BCUT2D eigenvalue weighted by Crippen LogP contribution is 2.52. The summed E-state index contributed by atoms with van der Waals surface area (Å²) in [5.74, 6) is -2.16. The number of nitrogens with zero attached hydrogens (tertiary/aromatic N) is 3. The third kappa shape index (κ3) is 6.25. The van der Waals surface area contributed by atoms with E-state index < -0.39 is 41.8 Å². The minimum atomic E-state index is -1.12. The lowest BCUT2D eigenvalue weighted by Crippen LogP contribution is -2.46. The van der Waals surface area contributed by atoms with E-state index >= 15 is 0 Å². The second-order valence-electron chi connectivity index (χ2n) is 12.8. The second-order valence-corrected chi connectivity index (χ2v) is 12.8. The van der Waals surface area contributed by atoms with Crippen LogP contribution in [0.2, 0.25) is 6.32 Å². The van der Waals surface area contributed by atoms with Crippen LogP contribution in [0.15, 0.2) is 71.9 Å². The Morgan fingerprint density at radius 1 is 1.11 bits per heavy atom. The molecule has 6 rings (SSSR count). The topological polar surface area (TPSA) is 143 Å². The number of nitro groups is 1. The van der Waals surface area contributed by atoms with Crippen molar-refractivity contribution < 1.29 is 29.3 Å². The van der Waals surface area contributed by atoms with E-state index in [0.717, 1.165) is 56.8 Å². The molecule has 2 amide bonds. The largest absolute Gasteiger partial charge is 0.507 e. The molecule has 3 aromatic rings. The number of aryl methyl sites for hydroxylation is 2. The van der Waals surface area contributed by atoms with E-state index in [2.05, 4.69) is 18.0 Å². The molecule has 11 heteroatoms. The number of carbonyl (C=O) groups excluding carboxylic acids is 2. The van der Waals surface area contributed by atoms with Crippen molar-refractivity contribution in [3.05, 3.63) is 104 Å². The van der Waals surface area contributed by atoms with Crippen LogP contribution in [0.4, 0.5) is 11.4 Å². The standard InChI is InChI=1S/C36H38BN3O7/c1-4-8-25-18-28-33(36(43)39(35(28)42)26-9-7-10-27(19-26)40(45)46)29-20-37(44)47-31(32(25)29)13-12-24(30-11-5-6-14-38-30)17-23-15-21(2)34(41)22(3)16-23/h5-7,9-11,14-17,19,28-29,31,33,41,44H,4,8,12-13,18,20H2,1-3H3/b24-17-/t28-,29+,31-,33-/m1/s1. The first kappa shape index (κ1) is 32.3. The van der Waals surface area contributed by atoms with Gasteiger partial charge >= 0.3 is 7.12 Å². The number of rotatable bonds is 9. The van der Waals surface area contributed by atoms with E-state index in [1.807, 2.05) is 44.2 Å². The fourth-order valence-electron chi connectivity index (χ4n) is 7.69. The highest BCUT2D eigenvalue weighted by molar-refractivity contribution is 6.43. The molecule has 2 N–H and O–H groups in total. The minimum Gasteiger partial charge on any atom is -0.507 e. The van der Waals surface area contributed by atoms with Gasteiger partial charge in [0.1, 0.15) is 5.75 Å². The minimum absolute atomic E-state index is 0.191. The van der Waals surface area contributed by atoms with Gasteiger partial charge in [-0.25, -0.2) is 4.90 Å².